The number of nitrogens with zero attached hydrogens (tertiary/aromatic N) is 5. The average Bonchev–Trinajstić information content (AvgIpc) is 3.72. The predicted molar refractivity (Wildman–Crippen MR) is 245 cm³/mol. The van der Waals surface area contributed by atoms with E-state index in [1.54, 1.807) is 31.3 Å². The van der Waals surface area contributed by atoms with Gasteiger partial charge in [-0.15, -0.1) is 0 Å². The van der Waals surface area contributed by atoms with Crippen LogP contribution in [0.5, 0.6) is 17.2 Å². The number of hydrogen-bond donors (Lipinski definition) is 3. The van der Waals surface area contributed by atoms with Gasteiger partial charge < -0.3 is 24.5 Å². The van der Waals surface area contributed by atoms with Crippen LogP contribution in [0, 0.1) is 21.4 Å². The molecule has 0 radical (unpaired) electrons. The van der Waals surface area contributed by atoms with Gasteiger partial charge in [0.1, 0.15) is 22.9 Å². The number of halogens is 1. The van der Waals surface area contributed by atoms with Gasteiger partial charge >= 0.3 is 0 Å². The summed E-state index contributed by atoms with van der Waals surface area (Å²) in [5, 5.41) is 24.0. The number of amides is 1. The number of nitro benzene ring substituents is 1. The molecule has 2 saturated heterocycles. The van der Waals surface area contributed by atoms with Crippen LogP contribution in [0.3, 0.4) is 0 Å². The van der Waals surface area contributed by atoms with Crippen LogP contribution in [0.15, 0.2) is 89.6 Å². The maximum absolute atomic E-state index is 14.0. The van der Waals surface area contributed by atoms with Crippen molar-refractivity contribution in [2.45, 2.75) is 57.0 Å². The molecule has 336 valence electrons. The Morgan fingerprint density at radius 2 is 1.81 bits per heavy atom. The minimum Gasteiger partial charge on any atom is -0.493 e. The number of nitro groups is 1. The number of likely N-dealkylation sites (tertiary alicyclic amines) is 1. The number of anilines is 1. The largest absolute Gasteiger partial charge is 0.493 e. The van der Waals surface area contributed by atoms with Crippen LogP contribution in [-0.2, 0) is 16.4 Å². The van der Waals surface area contributed by atoms with Gasteiger partial charge in [0, 0.05) is 98.8 Å². The third-order valence-corrected chi connectivity index (χ3v) is 14.4. The number of ether oxygens (including phenoxy) is 2. The third-order valence-electron chi connectivity index (χ3n) is 12.8. The van der Waals surface area contributed by atoms with Gasteiger partial charge in [-0.3, -0.25) is 24.7 Å². The molecule has 2 aromatic heterocycles. The Labute approximate surface area is 377 Å². The van der Waals surface area contributed by atoms with E-state index in [2.05, 4.69) is 55.4 Å². The summed E-state index contributed by atoms with van der Waals surface area (Å²) in [6, 6.07) is 19.0. The molecule has 2 fully saturated rings. The molecular weight excluding hydrogens is 858 g/mol. The molecular formula is C47H52ClN7O8S. The lowest BCUT2D eigenvalue weighted by Crippen LogP contribution is -2.61. The number of pyridine rings is 1. The number of hydrogen-bond acceptors (Lipinski definition) is 12. The van der Waals surface area contributed by atoms with Gasteiger partial charge in [0.25, 0.3) is 21.6 Å². The molecule has 3 aromatic carbocycles. The zero-order chi connectivity index (χ0) is 45.0. The summed E-state index contributed by atoms with van der Waals surface area (Å²) in [5.74, 6) is -0.539. The minimum absolute atomic E-state index is 0.0569. The molecule has 5 heterocycles. The van der Waals surface area contributed by atoms with Crippen LogP contribution < -0.4 is 19.1 Å². The van der Waals surface area contributed by atoms with E-state index >= 15 is 0 Å². The van der Waals surface area contributed by atoms with E-state index in [4.69, 9.17) is 21.1 Å². The minimum atomic E-state index is -4.65. The smallest absolute Gasteiger partial charge is 0.277 e. The van der Waals surface area contributed by atoms with Crippen molar-refractivity contribution in [3.63, 3.8) is 0 Å². The Morgan fingerprint density at radius 3 is 2.55 bits per heavy atom. The lowest BCUT2D eigenvalue weighted by molar-refractivity contribution is -0.386. The van der Waals surface area contributed by atoms with Crippen molar-refractivity contribution >= 4 is 55.5 Å². The fraction of sp³-hybridized carbons (Fsp3) is 0.404. The molecule has 0 spiro atoms. The number of benzene rings is 3. The summed E-state index contributed by atoms with van der Waals surface area (Å²) in [4.78, 5) is 39.5. The number of aliphatic hydroxyl groups is 1. The Kier molecular flexibility index (Phi) is 11.7. The van der Waals surface area contributed by atoms with Crippen molar-refractivity contribution in [2.24, 2.45) is 11.3 Å². The third kappa shape index (κ3) is 9.47. The van der Waals surface area contributed by atoms with Gasteiger partial charge in [0.15, 0.2) is 0 Å². The summed E-state index contributed by atoms with van der Waals surface area (Å²) in [6.45, 7) is 12.1. The fourth-order valence-corrected chi connectivity index (χ4v) is 10.7. The van der Waals surface area contributed by atoms with Gasteiger partial charge in [-0.2, -0.15) is 0 Å². The average molecular weight is 910 g/mol. The number of allylic oxidation sites excluding steroid dienone is 1. The second-order valence-corrected chi connectivity index (χ2v) is 20.8. The predicted octanol–water partition coefficient (Wildman–Crippen LogP) is 7.44. The zero-order valence-electron chi connectivity index (χ0n) is 36.1. The number of nitrogens with one attached hydrogen (secondary N) is 2. The fourth-order valence-electron chi connectivity index (χ4n) is 9.56. The molecule has 3 aliphatic heterocycles. The molecule has 1 aliphatic carbocycles. The van der Waals surface area contributed by atoms with Crippen LogP contribution in [0.2, 0.25) is 5.02 Å². The first kappa shape index (κ1) is 43.7. The molecule has 5 aromatic rings. The molecule has 4 aliphatic rings. The number of piperazine rings is 1. The van der Waals surface area contributed by atoms with Crippen molar-refractivity contribution in [1.82, 2.24) is 24.5 Å². The molecule has 9 rings (SSSR count). The first-order chi connectivity index (χ1) is 30.5. The Balaban J connectivity index is 0.936. The lowest BCUT2D eigenvalue weighted by Gasteiger charge is -2.46. The van der Waals surface area contributed by atoms with Crippen molar-refractivity contribution in [3.8, 4) is 17.2 Å². The van der Waals surface area contributed by atoms with Gasteiger partial charge in [0.2, 0.25) is 0 Å². The highest BCUT2D eigenvalue weighted by Gasteiger charge is 2.39. The summed E-state index contributed by atoms with van der Waals surface area (Å²) < 4.78 is 42.2. The van der Waals surface area contributed by atoms with E-state index in [0.29, 0.717) is 50.5 Å². The summed E-state index contributed by atoms with van der Waals surface area (Å²) >= 11 is 6.25. The molecule has 3 N–H and O–H groups in total. The highest BCUT2D eigenvalue weighted by Crippen LogP contribution is 2.44. The molecule has 0 bridgehead atoms. The quantitative estimate of drug-likeness (QED) is 0.0832. The number of β-amino-alcohol motifs (C(OH)–C–C–N with tert-alkyl or cyclic N) is 1. The highest BCUT2D eigenvalue weighted by molar-refractivity contribution is 7.90. The standard InChI is InChI=1S/C47H52ClN7O8S/c1-46(2)12-10-33(40(23-46)31-4-6-34(48)7-5-31)26-52-14-16-54(17-15-52)35-8-9-38(43(20-35)63-36-19-32-11-13-49-44(32)50-24-36)45(56)51-64(60,61)37-21-41(55(58)59)39-18-30(27-62-42(39)22-37)25-53-28-47(3,57)29-53/h4-9,11,13,19-22,24,30,57H,10,12,14-18,23,25-29H2,1-3H3,(H,49,50)(H,51,56)/t30-/m0/s1. The molecule has 0 unspecified atom stereocenters. The zero-order valence-corrected chi connectivity index (χ0v) is 37.7. The van der Waals surface area contributed by atoms with Crippen LogP contribution in [0.1, 0.15) is 61.5 Å². The molecule has 17 heteroatoms. The van der Waals surface area contributed by atoms with Crippen molar-refractivity contribution < 1.29 is 32.7 Å². The summed E-state index contributed by atoms with van der Waals surface area (Å²) in [6.07, 6.45) is 6.75. The van der Waals surface area contributed by atoms with Crippen molar-refractivity contribution in [2.75, 3.05) is 63.9 Å². The molecule has 0 saturated carbocycles. The van der Waals surface area contributed by atoms with Gasteiger partial charge in [-0.05, 0) is 85.6 Å². The van der Waals surface area contributed by atoms with E-state index in [-0.39, 0.29) is 40.6 Å². The maximum atomic E-state index is 14.0. The number of carbonyl (C=O) groups excluding carboxylic acids is 1. The van der Waals surface area contributed by atoms with Crippen molar-refractivity contribution in [1.29, 1.82) is 0 Å². The van der Waals surface area contributed by atoms with Gasteiger partial charge in [-0.25, -0.2) is 18.1 Å². The topological polar surface area (TPSA) is 183 Å². The number of aromatic amines is 1. The van der Waals surface area contributed by atoms with Crippen molar-refractivity contribution in [3.05, 3.63) is 117 Å². The SMILES string of the molecule is CC1(C)CCC(CN2CCN(c3ccc(C(=O)NS(=O)(=O)c4cc5c(c([N+](=O)[O-])c4)C[C@@H](CN4CC(C)(O)C4)CO5)c(Oc4cnc5[nH]ccc5c4)c3)CC2)=C(c2ccc(Cl)cc2)C1. The number of aromatic nitrogens is 2. The first-order valence-corrected chi connectivity index (χ1v) is 23.5. The second kappa shape index (κ2) is 17.1. The van der Waals surface area contributed by atoms with E-state index in [9.17, 15) is 28.4 Å². The normalized spacial score (nSPS) is 20.0. The first-order valence-electron chi connectivity index (χ1n) is 21.6. The summed E-state index contributed by atoms with van der Waals surface area (Å²) in [7, 11) is -4.65. The van der Waals surface area contributed by atoms with Crippen LogP contribution >= 0.6 is 11.6 Å². The molecule has 1 atom stereocenters. The molecule has 15 nitrogen and oxygen atoms in total. The monoisotopic (exact) mass is 909 g/mol. The van der Waals surface area contributed by atoms with E-state index in [1.807, 2.05) is 18.2 Å². The number of rotatable bonds is 12. The van der Waals surface area contributed by atoms with Crippen LogP contribution in [-0.4, -0.2) is 109 Å². The number of sulfonamides is 1. The van der Waals surface area contributed by atoms with Crippen LogP contribution in [0.4, 0.5) is 11.4 Å². The van der Waals surface area contributed by atoms with Gasteiger partial charge in [0.05, 0.1) is 39.4 Å². The van der Waals surface area contributed by atoms with Gasteiger partial charge in [-0.1, -0.05) is 43.2 Å². The molecule has 64 heavy (non-hydrogen) atoms. The Morgan fingerprint density at radius 1 is 1.05 bits per heavy atom. The second-order valence-electron chi connectivity index (χ2n) is 18.7. The Bertz CT molecular complexity index is 2760. The Hall–Kier alpha value is -5.52. The molecule has 1 amide bonds. The highest BCUT2D eigenvalue weighted by atomic mass is 35.5. The maximum Gasteiger partial charge on any atom is 0.277 e. The van der Waals surface area contributed by atoms with Crippen LogP contribution in [0.25, 0.3) is 16.6 Å². The summed E-state index contributed by atoms with van der Waals surface area (Å²) in [5.41, 5.74) is 4.82. The lowest BCUT2D eigenvalue weighted by atomic mass is 9.72. The van der Waals surface area contributed by atoms with E-state index < -0.39 is 37.0 Å². The van der Waals surface area contributed by atoms with E-state index in [1.165, 1.54) is 35.0 Å². The van der Waals surface area contributed by atoms with E-state index in [0.717, 1.165) is 61.1 Å². The number of H-pyrrole nitrogens is 1. The number of carbonyl (C=O) groups is 1. The number of fused-ring (bicyclic) bond motifs is 2.